The lowest BCUT2D eigenvalue weighted by atomic mass is 10.1. The molecule has 1 atom stereocenters. The number of hydrogen-bond donors (Lipinski definition) is 2. The van der Waals surface area contributed by atoms with E-state index in [-0.39, 0.29) is 10.6 Å². The van der Waals surface area contributed by atoms with Crippen molar-refractivity contribution in [3.05, 3.63) is 28.3 Å². The second-order valence-corrected chi connectivity index (χ2v) is 5.33. The van der Waals surface area contributed by atoms with Gasteiger partial charge in [0.15, 0.2) is 0 Å². The van der Waals surface area contributed by atoms with Crippen LogP contribution >= 0.6 is 0 Å². The molecular formula is C15H23N3O3. The first-order chi connectivity index (χ1) is 10.2. The number of rotatable bonds is 8. The number of nitrogens with zero attached hydrogens (tertiary/aromatic N) is 1. The third-order valence-electron chi connectivity index (χ3n) is 3.56. The molecule has 1 saturated heterocycles. The molecule has 6 nitrogen and oxygen atoms in total. The summed E-state index contributed by atoms with van der Waals surface area (Å²) in [6.07, 6.45) is 4.34. The molecule has 1 aliphatic heterocycles. The highest BCUT2D eigenvalue weighted by molar-refractivity contribution is 5.56. The predicted octanol–water partition coefficient (Wildman–Crippen LogP) is 2.94. The minimum absolute atomic E-state index is 0.0603. The molecule has 2 N–H and O–H groups in total. The molecule has 21 heavy (non-hydrogen) atoms. The van der Waals surface area contributed by atoms with E-state index < -0.39 is 0 Å². The van der Waals surface area contributed by atoms with Crippen LogP contribution in [0.5, 0.6) is 5.75 Å². The fraction of sp³-hybridized carbons (Fsp3) is 0.600. The molecule has 1 heterocycles. The van der Waals surface area contributed by atoms with Gasteiger partial charge in [-0.2, -0.15) is 0 Å². The molecule has 1 aromatic rings. The summed E-state index contributed by atoms with van der Waals surface area (Å²) < 4.78 is 5.51. The molecular weight excluding hydrogens is 270 g/mol. The highest BCUT2D eigenvalue weighted by atomic mass is 16.6. The van der Waals surface area contributed by atoms with E-state index in [1.54, 1.807) is 6.07 Å². The van der Waals surface area contributed by atoms with Gasteiger partial charge >= 0.3 is 0 Å². The van der Waals surface area contributed by atoms with Crippen molar-refractivity contribution in [1.29, 1.82) is 0 Å². The molecule has 6 heteroatoms. The van der Waals surface area contributed by atoms with Gasteiger partial charge in [-0.15, -0.1) is 0 Å². The number of ether oxygens (including phenoxy) is 1. The van der Waals surface area contributed by atoms with Gasteiger partial charge in [-0.3, -0.25) is 10.1 Å². The van der Waals surface area contributed by atoms with Crippen LogP contribution in [0, 0.1) is 10.1 Å². The zero-order chi connectivity index (χ0) is 15.1. The number of anilines is 1. The largest absolute Gasteiger partial charge is 0.493 e. The number of nitro groups is 1. The van der Waals surface area contributed by atoms with Crippen molar-refractivity contribution in [3.8, 4) is 5.75 Å². The van der Waals surface area contributed by atoms with Gasteiger partial charge in [0.05, 0.1) is 17.6 Å². The van der Waals surface area contributed by atoms with Gasteiger partial charge in [-0.1, -0.05) is 6.92 Å². The van der Waals surface area contributed by atoms with E-state index in [4.69, 9.17) is 4.74 Å². The van der Waals surface area contributed by atoms with E-state index in [2.05, 4.69) is 10.6 Å². The Hall–Kier alpha value is -1.82. The van der Waals surface area contributed by atoms with Crippen molar-refractivity contribution in [3.63, 3.8) is 0 Å². The Bertz CT molecular complexity index is 473. The Balaban J connectivity index is 1.95. The standard InChI is InChI=1S/C15H23N3O3/c1-2-8-21-15-10-13(9-14(11-15)18(19)20)17-7-5-12-4-3-6-16-12/h9-12,16-17H,2-8H2,1H3/t12-/m1/s1. The van der Waals surface area contributed by atoms with E-state index in [9.17, 15) is 10.1 Å². The van der Waals surface area contributed by atoms with Crippen LogP contribution in [-0.2, 0) is 0 Å². The van der Waals surface area contributed by atoms with E-state index >= 15 is 0 Å². The lowest BCUT2D eigenvalue weighted by Gasteiger charge is -2.12. The summed E-state index contributed by atoms with van der Waals surface area (Å²) in [4.78, 5) is 10.6. The van der Waals surface area contributed by atoms with Gasteiger partial charge in [0, 0.05) is 30.4 Å². The van der Waals surface area contributed by atoms with Crippen LogP contribution in [0.2, 0.25) is 0 Å². The number of nitrogens with one attached hydrogen (secondary N) is 2. The van der Waals surface area contributed by atoms with Crippen LogP contribution in [-0.4, -0.2) is 30.7 Å². The van der Waals surface area contributed by atoms with Crippen molar-refractivity contribution in [2.75, 3.05) is 25.0 Å². The highest BCUT2D eigenvalue weighted by Crippen LogP contribution is 2.26. The summed E-state index contributed by atoms with van der Waals surface area (Å²) in [5.41, 5.74) is 0.804. The summed E-state index contributed by atoms with van der Waals surface area (Å²) >= 11 is 0. The Kier molecular flexibility index (Phi) is 5.80. The first-order valence-electron chi connectivity index (χ1n) is 7.58. The van der Waals surface area contributed by atoms with Gasteiger partial charge in [0.2, 0.25) is 0 Å². The van der Waals surface area contributed by atoms with Crippen molar-refractivity contribution in [2.45, 2.75) is 38.6 Å². The molecule has 2 rings (SSSR count). The van der Waals surface area contributed by atoms with Gasteiger partial charge in [0.25, 0.3) is 5.69 Å². The van der Waals surface area contributed by atoms with Crippen LogP contribution < -0.4 is 15.4 Å². The Morgan fingerprint density at radius 3 is 3.00 bits per heavy atom. The van der Waals surface area contributed by atoms with Gasteiger partial charge < -0.3 is 15.4 Å². The van der Waals surface area contributed by atoms with Crippen molar-refractivity contribution in [1.82, 2.24) is 5.32 Å². The Morgan fingerprint density at radius 2 is 2.33 bits per heavy atom. The predicted molar refractivity (Wildman–Crippen MR) is 83.0 cm³/mol. The Labute approximate surface area is 125 Å². The number of hydrogen-bond acceptors (Lipinski definition) is 5. The highest BCUT2D eigenvalue weighted by Gasteiger charge is 2.14. The molecule has 116 valence electrons. The monoisotopic (exact) mass is 293 g/mol. The molecule has 1 fully saturated rings. The van der Waals surface area contributed by atoms with Crippen LogP contribution in [0.25, 0.3) is 0 Å². The SMILES string of the molecule is CCCOc1cc(NCC[C@H]2CCCN2)cc([N+](=O)[O-])c1. The number of benzene rings is 1. The second kappa shape index (κ2) is 7.83. The van der Waals surface area contributed by atoms with Gasteiger partial charge in [-0.25, -0.2) is 0 Å². The molecule has 0 saturated carbocycles. The third-order valence-corrected chi connectivity index (χ3v) is 3.56. The quantitative estimate of drug-likeness (QED) is 0.569. The van der Waals surface area contributed by atoms with Crippen LogP contribution in [0.1, 0.15) is 32.6 Å². The van der Waals surface area contributed by atoms with Crippen molar-refractivity contribution < 1.29 is 9.66 Å². The fourth-order valence-electron chi connectivity index (χ4n) is 2.49. The molecule has 0 spiro atoms. The zero-order valence-electron chi connectivity index (χ0n) is 12.4. The molecule has 0 unspecified atom stereocenters. The first kappa shape index (κ1) is 15.6. The number of nitro benzene ring substituents is 1. The average Bonchev–Trinajstić information content (AvgIpc) is 2.98. The Morgan fingerprint density at radius 1 is 1.48 bits per heavy atom. The molecule has 0 amide bonds. The first-order valence-corrected chi connectivity index (χ1v) is 7.58. The molecule has 0 aromatic heterocycles. The maximum Gasteiger partial charge on any atom is 0.275 e. The topological polar surface area (TPSA) is 76.4 Å². The van der Waals surface area contributed by atoms with Crippen molar-refractivity contribution >= 4 is 11.4 Å². The summed E-state index contributed by atoms with van der Waals surface area (Å²) in [5, 5.41) is 17.7. The van der Waals surface area contributed by atoms with Gasteiger partial charge in [-0.05, 0) is 32.2 Å². The van der Waals surface area contributed by atoms with Crippen LogP contribution in [0.4, 0.5) is 11.4 Å². The maximum atomic E-state index is 11.0. The molecule has 0 bridgehead atoms. The average molecular weight is 293 g/mol. The third kappa shape index (κ3) is 4.90. The molecule has 1 aromatic carbocycles. The zero-order valence-corrected chi connectivity index (χ0v) is 12.4. The normalized spacial score (nSPS) is 17.7. The summed E-state index contributed by atoms with van der Waals surface area (Å²) in [5.74, 6) is 0.549. The van der Waals surface area contributed by atoms with Gasteiger partial charge in [0.1, 0.15) is 5.75 Å². The van der Waals surface area contributed by atoms with E-state index in [0.29, 0.717) is 18.4 Å². The van der Waals surface area contributed by atoms with E-state index in [0.717, 1.165) is 31.6 Å². The maximum absolute atomic E-state index is 11.0. The smallest absolute Gasteiger partial charge is 0.275 e. The molecule has 0 radical (unpaired) electrons. The summed E-state index contributed by atoms with van der Waals surface area (Å²) in [6.45, 7) is 4.46. The lowest BCUT2D eigenvalue weighted by molar-refractivity contribution is -0.384. The lowest BCUT2D eigenvalue weighted by Crippen LogP contribution is -2.24. The second-order valence-electron chi connectivity index (χ2n) is 5.33. The summed E-state index contributed by atoms with van der Waals surface area (Å²) in [6, 6.07) is 5.41. The number of non-ortho nitro benzene ring substituents is 1. The van der Waals surface area contributed by atoms with E-state index in [1.807, 2.05) is 13.0 Å². The molecule has 1 aliphatic rings. The van der Waals surface area contributed by atoms with E-state index in [1.165, 1.54) is 18.9 Å². The summed E-state index contributed by atoms with van der Waals surface area (Å²) in [7, 11) is 0. The van der Waals surface area contributed by atoms with Crippen LogP contribution in [0.3, 0.4) is 0 Å². The fourth-order valence-corrected chi connectivity index (χ4v) is 2.49. The molecule has 0 aliphatic carbocycles. The van der Waals surface area contributed by atoms with Crippen molar-refractivity contribution in [2.24, 2.45) is 0 Å². The minimum atomic E-state index is -0.386. The van der Waals surface area contributed by atoms with Crippen LogP contribution in [0.15, 0.2) is 18.2 Å². The minimum Gasteiger partial charge on any atom is -0.493 e.